The van der Waals surface area contributed by atoms with Crippen LogP contribution in [0.2, 0.25) is 0 Å². The molecule has 0 aliphatic heterocycles. The van der Waals surface area contributed by atoms with Gasteiger partial charge in [0.25, 0.3) is 0 Å². The third-order valence-electron chi connectivity index (χ3n) is 1.55. The zero-order valence-corrected chi connectivity index (χ0v) is 7.78. The topological polar surface area (TPSA) is 47.9 Å². The minimum absolute atomic E-state index is 0.744. The van der Waals surface area contributed by atoms with E-state index in [4.69, 9.17) is 4.74 Å². The molecule has 66 valence electrons. The molecule has 2 rings (SSSR count). The first-order valence-electron chi connectivity index (χ1n) is 3.67. The summed E-state index contributed by atoms with van der Waals surface area (Å²) in [5, 5.41) is 8.47. The average Bonchev–Trinajstić information content (AvgIpc) is 2.71. The SMILES string of the molecule is COc1ccc(-c2nncs2)nc1. The normalized spacial score (nSPS) is 9.92. The van der Waals surface area contributed by atoms with Gasteiger partial charge in [-0.15, -0.1) is 10.2 Å². The number of nitrogens with zero attached hydrogens (tertiary/aromatic N) is 3. The van der Waals surface area contributed by atoms with E-state index in [1.54, 1.807) is 18.8 Å². The monoisotopic (exact) mass is 193 g/mol. The Balaban J connectivity index is 2.33. The fourth-order valence-electron chi connectivity index (χ4n) is 0.912. The molecule has 0 amide bonds. The van der Waals surface area contributed by atoms with Gasteiger partial charge in [0.05, 0.1) is 13.3 Å². The van der Waals surface area contributed by atoms with Crippen LogP contribution in [0.3, 0.4) is 0 Å². The fourth-order valence-corrected chi connectivity index (χ4v) is 1.44. The number of aromatic nitrogens is 3. The van der Waals surface area contributed by atoms with Gasteiger partial charge in [0.2, 0.25) is 0 Å². The summed E-state index contributed by atoms with van der Waals surface area (Å²) in [7, 11) is 1.61. The van der Waals surface area contributed by atoms with E-state index in [1.165, 1.54) is 11.3 Å². The summed E-state index contributed by atoms with van der Waals surface area (Å²) in [5.74, 6) is 0.744. The molecule has 13 heavy (non-hydrogen) atoms. The summed E-state index contributed by atoms with van der Waals surface area (Å²) >= 11 is 1.46. The van der Waals surface area contributed by atoms with E-state index in [0.717, 1.165) is 16.5 Å². The molecule has 0 saturated heterocycles. The number of hydrogen-bond donors (Lipinski definition) is 0. The first-order valence-corrected chi connectivity index (χ1v) is 4.54. The number of pyridine rings is 1. The van der Waals surface area contributed by atoms with E-state index in [2.05, 4.69) is 15.2 Å². The average molecular weight is 193 g/mol. The van der Waals surface area contributed by atoms with Crippen molar-refractivity contribution in [1.82, 2.24) is 15.2 Å². The summed E-state index contributed by atoms with van der Waals surface area (Å²) < 4.78 is 4.99. The van der Waals surface area contributed by atoms with E-state index in [9.17, 15) is 0 Å². The minimum atomic E-state index is 0.744. The van der Waals surface area contributed by atoms with Crippen LogP contribution in [0, 0.1) is 0 Å². The Hall–Kier alpha value is -1.49. The van der Waals surface area contributed by atoms with Crippen LogP contribution in [0.5, 0.6) is 5.75 Å². The highest BCUT2D eigenvalue weighted by Crippen LogP contribution is 2.19. The standard InChI is InChI=1S/C8H7N3OS/c1-12-6-2-3-7(9-4-6)8-11-10-5-13-8/h2-5H,1H3. The Kier molecular flexibility index (Phi) is 2.18. The smallest absolute Gasteiger partial charge is 0.166 e. The zero-order valence-electron chi connectivity index (χ0n) is 6.97. The summed E-state index contributed by atoms with van der Waals surface area (Å²) in [6, 6.07) is 3.71. The molecule has 5 heteroatoms. The van der Waals surface area contributed by atoms with Gasteiger partial charge in [-0.3, -0.25) is 0 Å². The molecule has 0 atom stereocenters. The summed E-state index contributed by atoms with van der Waals surface area (Å²) in [6.45, 7) is 0. The molecule has 4 nitrogen and oxygen atoms in total. The van der Waals surface area contributed by atoms with Gasteiger partial charge >= 0.3 is 0 Å². The molecule has 0 saturated carbocycles. The second-order valence-electron chi connectivity index (χ2n) is 2.33. The minimum Gasteiger partial charge on any atom is -0.495 e. The maximum absolute atomic E-state index is 4.99. The van der Waals surface area contributed by atoms with E-state index in [0.29, 0.717) is 0 Å². The van der Waals surface area contributed by atoms with Crippen LogP contribution in [0.1, 0.15) is 0 Å². The van der Waals surface area contributed by atoms with Crippen LogP contribution in [0.25, 0.3) is 10.7 Å². The van der Waals surface area contributed by atoms with Crippen molar-refractivity contribution in [2.45, 2.75) is 0 Å². The molecule has 0 bridgehead atoms. The Morgan fingerprint density at radius 1 is 1.38 bits per heavy atom. The molecular weight excluding hydrogens is 186 g/mol. The first-order chi connectivity index (χ1) is 6.40. The van der Waals surface area contributed by atoms with E-state index in [1.807, 2.05) is 12.1 Å². The zero-order chi connectivity index (χ0) is 9.10. The fraction of sp³-hybridized carbons (Fsp3) is 0.125. The molecule has 0 radical (unpaired) electrons. The van der Waals surface area contributed by atoms with Crippen molar-refractivity contribution in [3.05, 3.63) is 23.8 Å². The van der Waals surface area contributed by atoms with E-state index >= 15 is 0 Å². The molecule has 2 aromatic rings. The van der Waals surface area contributed by atoms with Crippen LogP contribution in [0.4, 0.5) is 0 Å². The molecule has 0 aliphatic carbocycles. The maximum Gasteiger partial charge on any atom is 0.166 e. The lowest BCUT2D eigenvalue weighted by Gasteiger charge is -1.98. The van der Waals surface area contributed by atoms with Gasteiger partial charge in [-0.05, 0) is 12.1 Å². The lowest BCUT2D eigenvalue weighted by Crippen LogP contribution is -1.86. The highest BCUT2D eigenvalue weighted by molar-refractivity contribution is 7.12. The molecule has 0 fully saturated rings. The Morgan fingerprint density at radius 3 is 2.85 bits per heavy atom. The summed E-state index contributed by atoms with van der Waals surface area (Å²) in [5.41, 5.74) is 2.50. The highest BCUT2D eigenvalue weighted by Gasteiger charge is 2.02. The largest absolute Gasteiger partial charge is 0.495 e. The molecular formula is C8H7N3OS. The van der Waals surface area contributed by atoms with Crippen molar-refractivity contribution in [3.8, 4) is 16.5 Å². The van der Waals surface area contributed by atoms with Crippen molar-refractivity contribution in [2.75, 3.05) is 7.11 Å². The van der Waals surface area contributed by atoms with Gasteiger partial charge in [0, 0.05) is 0 Å². The predicted octanol–water partition coefficient (Wildman–Crippen LogP) is 1.61. The van der Waals surface area contributed by atoms with Crippen molar-refractivity contribution in [2.24, 2.45) is 0 Å². The van der Waals surface area contributed by atoms with Crippen LogP contribution in [0.15, 0.2) is 23.8 Å². The second kappa shape index (κ2) is 3.49. The van der Waals surface area contributed by atoms with Crippen molar-refractivity contribution in [1.29, 1.82) is 0 Å². The molecule has 2 aromatic heterocycles. The van der Waals surface area contributed by atoms with Gasteiger partial charge in [-0.25, -0.2) is 4.98 Å². The van der Waals surface area contributed by atoms with Crippen LogP contribution in [-0.2, 0) is 0 Å². The van der Waals surface area contributed by atoms with Gasteiger partial charge in [0.15, 0.2) is 5.01 Å². The summed E-state index contributed by atoms with van der Waals surface area (Å²) in [6.07, 6.45) is 1.66. The summed E-state index contributed by atoms with van der Waals surface area (Å²) in [4.78, 5) is 4.17. The van der Waals surface area contributed by atoms with E-state index < -0.39 is 0 Å². The molecule has 0 spiro atoms. The van der Waals surface area contributed by atoms with Crippen molar-refractivity contribution in [3.63, 3.8) is 0 Å². The third-order valence-corrected chi connectivity index (χ3v) is 2.26. The predicted molar refractivity (Wildman–Crippen MR) is 49.7 cm³/mol. The van der Waals surface area contributed by atoms with Gasteiger partial charge in [0.1, 0.15) is 17.0 Å². The van der Waals surface area contributed by atoms with Gasteiger partial charge in [-0.1, -0.05) is 11.3 Å². The van der Waals surface area contributed by atoms with E-state index in [-0.39, 0.29) is 0 Å². The van der Waals surface area contributed by atoms with Gasteiger partial charge < -0.3 is 4.74 Å². The second-order valence-corrected chi connectivity index (χ2v) is 3.16. The third kappa shape index (κ3) is 1.65. The molecule has 0 aliphatic rings. The highest BCUT2D eigenvalue weighted by atomic mass is 32.1. The van der Waals surface area contributed by atoms with Crippen molar-refractivity contribution >= 4 is 11.3 Å². The first kappa shape index (κ1) is 8.12. The molecule has 0 N–H and O–H groups in total. The van der Waals surface area contributed by atoms with Gasteiger partial charge in [-0.2, -0.15) is 0 Å². The van der Waals surface area contributed by atoms with Crippen LogP contribution in [-0.4, -0.2) is 22.3 Å². The molecule has 0 aromatic carbocycles. The maximum atomic E-state index is 4.99. The molecule has 2 heterocycles. The number of rotatable bonds is 2. The lowest BCUT2D eigenvalue weighted by atomic mass is 10.3. The quantitative estimate of drug-likeness (QED) is 0.727. The van der Waals surface area contributed by atoms with Crippen LogP contribution >= 0.6 is 11.3 Å². The number of hydrogen-bond acceptors (Lipinski definition) is 5. The Bertz CT molecular complexity index is 371. The number of ether oxygens (including phenoxy) is 1. The number of methoxy groups -OCH3 is 1. The van der Waals surface area contributed by atoms with Crippen LogP contribution < -0.4 is 4.74 Å². The Morgan fingerprint density at radius 2 is 2.31 bits per heavy atom. The lowest BCUT2D eigenvalue weighted by molar-refractivity contribution is 0.413. The molecule has 0 unspecified atom stereocenters. The Labute approximate surface area is 79.2 Å². The van der Waals surface area contributed by atoms with Crippen molar-refractivity contribution < 1.29 is 4.74 Å².